The molecule has 0 saturated carbocycles. The minimum Gasteiger partial charge on any atom is -0.460 e. The van der Waals surface area contributed by atoms with E-state index in [-0.39, 0.29) is 39.5 Å². The summed E-state index contributed by atoms with van der Waals surface area (Å²) in [5, 5.41) is 3.06. The van der Waals surface area contributed by atoms with Crippen molar-refractivity contribution in [3.63, 3.8) is 0 Å². The predicted molar refractivity (Wildman–Crippen MR) is 248 cm³/mol. The van der Waals surface area contributed by atoms with Gasteiger partial charge in [-0.05, 0) is 41.3 Å². The largest absolute Gasteiger partial charge is 0.460 e. The maximum Gasteiger partial charge on any atom is 0.303 e. The molecule has 4 aliphatic rings. The monoisotopic (exact) mass is 931 g/mol. The van der Waals surface area contributed by atoms with Crippen LogP contribution in [0.2, 0.25) is 0 Å². The number of nitrogens with one attached hydrogen (secondary N) is 1. The zero-order chi connectivity index (χ0) is 46.6. The molecule has 1 amide bonds. The van der Waals surface area contributed by atoms with E-state index in [4.69, 9.17) is 42.6 Å². The Kier molecular flexibility index (Phi) is 16.5. The minimum atomic E-state index is -1.58. The molecule has 5 unspecified atom stereocenters. The fourth-order valence-electron chi connectivity index (χ4n) is 8.69. The number of carbonyl (C=O) groups excluding carboxylic acids is 3. The Hall–Kier alpha value is -5.42. The topological polar surface area (TPSA) is 146 Å². The third kappa shape index (κ3) is 12.6. The number of ether oxygens (including phenoxy) is 9. The van der Waals surface area contributed by atoms with E-state index in [1.807, 2.05) is 159 Å². The molecule has 1 N–H and O–H groups in total. The van der Waals surface area contributed by atoms with Gasteiger partial charge in [0.25, 0.3) is 5.91 Å². The quantitative estimate of drug-likeness (QED) is 0.0718. The van der Waals surface area contributed by atoms with E-state index in [0.717, 1.165) is 27.1 Å². The van der Waals surface area contributed by atoms with Crippen molar-refractivity contribution in [2.24, 2.45) is 0 Å². The summed E-state index contributed by atoms with van der Waals surface area (Å²) in [6, 6.07) is 47.5. The summed E-state index contributed by atoms with van der Waals surface area (Å²) < 4.78 is 59.8. The molecule has 4 heterocycles. The molecule has 0 spiro atoms. The molecular weight excluding hydrogens is 875 g/mol. The highest BCUT2D eigenvalue weighted by Crippen LogP contribution is 2.48. The number of amides is 1. The number of hydrogen-bond acceptors (Lipinski definition) is 13. The van der Waals surface area contributed by atoms with E-state index in [2.05, 4.69) is 5.32 Å². The molecule has 2 bridgehead atoms. The van der Waals surface area contributed by atoms with Crippen molar-refractivity contribution >= 4 is 29.6 Å². The van der Waals surface area contributed by atoms with Crippen LogP contribution in [0.25, 0.3) is 0 Å². The lowest BCUT2D eigenvalue weighted by Gasteiger charge is -2.54. The SMILES string of the molecule is CC(=O)OC1CC2(Sc3ccccc3)OC([C@H](OC(C)=O)[C@@H](COCc3ccccc3)OC3O[C@@H](C)[C@@H](OCc4ccccc4)[C@@H](OCc4ccccc4)[C@@H]3OCc3ccccc3)C1NC2=O. The van der Waals surface area contributed by atoms with Gasteiger partial charge in [0.15, 0.2) is 12.4 Å². The van der Waals surface area contributed by atoms with Crippen molar-refractivity contribution in [2.75, 3.05) is 6.61 Å². The highest BCUT2D eigenvalue weighted by atomic mass is 32.2. The van der Waals surface area contributed by atoms with E-state index in [1.165, 1.54) is 25.6 Å². The van der Waals surface area contributed by atoms with Crippen LogP contribution in [0, 0.1) is 0 Å². The summed E-state index contributed by atoms with van der Waals surface area (Å²) in [7, 11) is 0. The summed E-state index contributed by atoms with van der Waals surface area (Å²) >= 11 is 1.19. The molecule has 14 heteroatoms. The first-order valence-electron chi connectivity index (χ1n) is 22.6. The first-order chi connectivity index (χ1) is 32.6. The Morgan fingerprint density at radius 2 is 1.16 bits per heavy atom. The van der Waals surface area contributed by atoms with Crippen LogP contribution in [0.15, 0.2) is 157 Å². The van der Waals surface area contributed by atoms with E-state index in [0.29, 0.717) is 0 Å². The fraction of sp³-hybridized carbons (Fsp3) is 0.377. The van der Waals surface area contributed by atoms with E-state index >= 15 is 0 Å². The van der Waals surface area contributed by atoms with Gasteiger partial charge >= 0.3 is 11.9 Å². The standard InChI is InChI=1S/C53H57NO12S/c1-35-46(59-31-39-21-11-5-12-22-39)49(60-32-40-23-13-6-14-24-40)50(61-33-41-25-15-7-16-26-41)51(62-35)65-44(34-58-30-38-19-9-4-10-20-38)47(64-37(3)56)48-45-43(63-36(2)55)29-53(66-48,52(57)54-45)67-42-27-17-8-18-28-42/h4-28,35,43-51H,29-34H2,1-3H3,(H,54,57)/t35-,43?,44+,45?,46+,47+,48?,49+,50-,51?,53?/m0/s1. The van der Waals surface area contributed by atoms with Crippen LogP contribution in [-0.2, 0) is 83.4 Å². The number of fused-ring (bicyclic) bond motifs is 3. The summed E-state index contributed by atoms with van der Waals surface area (Å²) in [5.41, 5.74) is 3.73. The molecule has 4 fully saturated rings. The Balaban J connectivity index is 1.17. The molecule has 5 aromatic rings. The van der Waals surface area contributed by atoms with Gasteiger partial charge < -0.3 is 47.9 Å². The molecule has 11 atom stereocenters. The number of piperidine rings is 1. The van der Waals surface area contributed by atoms with Gasteiger partial charge in [-0.1, -0.05) is 151 Å². The Bertz CT molecular complexity index is 2330. The highest BCUT2D eigenvalue weighted by molar-refractivity contribution is 8.01. The maximum absolute atomic E-state index is 14.0. The Labute approximate surface area is 395 Å². The number of hydrogen-bond donors (Lipinski definition) is 1. The van der Waals surface area contributed by atoms with Gasteiger partial charge in [0.05, 0.1) is 45.2 Å². The Morgan fingerprint density at radius 1 is 0.672 bits per heavy atom. The number of benzene rings is 5. The van der Waals surface area contributed by atoms with Crippen molar-refractivity contribution in [1.29, 1.82) is 0 Å². The van der Waals surface area contributed by atoms with Gasteiger partial charge in [-0.3, -0.25) is 14.4 Å². The zero-order valence-corrected chi connectivity index (χ0v) is 38.6. The smallest absolute Gasteiger partial charge is 0.303 e. The lowest BCUT2D eigenvalue weighted by Crippen LogP contribution is -2.75. The summed E-state index contributed by atoms with van der Waals surface area (Å²) in [5.74, 6) is -1.58. The normalized spacial score (nSPS) is 26.5. The van der Waals surface area contributed by atoms with Crippen LogP contribution in [0.3, 0.4) is 0 Å². The van der Waals surface area contributed by atoms with Gasteiger partial charge in [0.1, 0.15) is 36.6 Å². The van der Waals surface area contributed by atoms with E-state index < -0.39 is 83.9 Å². The molecule has 352 valence electrons. The lowest BCUT2D eigenvalue weighted by molar-refractivity contribution is -0.340. The van der Waals surface area contributed by atoms with Gasteiger partial charge in [-0.25, -0.2) is 0 Å². The number of thioether (sulfide) groups is 1. The van der Waals surface area contributed by atoms with Gasteiger partial charge in [-0.15, -0.1) is 0 Å². The second-order valence-corrected chi connectivity index (χ2v) is 18.2. The van der Waals surface area contributed by atoms with Crippen molar-refractivity contribution in [3.05, 3.63) is 174 Å². The number of esters is 2. The summed E-state index contributed by atoms with van der Waals surface area (Å²) in [4.78, 5) is 39.2. The summed E-state index contributed by atoms with van der Waals surface area (Å²) in [6.07, 6.45) is -8.35. The molecule has 13 nitrogen and oxygen atoms in total. The van der Waals surface area contributed by atoms with Gasteiger partial charge in [0, 0.05) is 25.2 Å². The van der Waals surface area contributed by atoms with Crippen LogP contribution in [-0.4, -0.2) is 90.5 Å². The highest BCUT2D eigenvalue weighted by Gasteiger charge is 2.63. The third-order valence-corrected chi connectivity index (χ3v) is 13.1. The molecule has 4 aliphatic heterocycles. The molecule has 0 aliphatic carbocycles. The van der Waals surface area contributed by atoms with Gasteiger partial charge in [0.2, 0.25) is 4.93 Å². The second-order valence-electron chi connectivity index (χ2n) is 16.8. The number of carbonyl (C=O) groups is 3. The number of morpholine rings is 1. The summed E-state index contributed by atoms with van der Waals surface area (Å²) in [6.45, 7) is 5.25. The van der Waals surface area contributed by atoms with Gasteiger partial charge in [-0.2, -0.15) is 0 Å². The zero-order valence-electron chi connectivity index (χ0n) is 37.8. The van der Waals surface area contributed by atoms with Crippen LogP contribution in [0.4, 0.5) is 0 Å². The molecule has 0 aromatic heterocycles. The predicted octanol–water partition coefficient (Wildman–Crippen LogP) is 7.73. The molecule has 5 aromatic carbocycles. The molecule has 4 saturated heterocycles. The van der Waals surface area contributed by atoms with Crippen LogP contribution in [0.1, 0.15) is 49.4 Å². The maximum atomic E-state index is 14.0. The van der Waals surface area contributed by atoms with E-state index in [9.17, 15) is 14.4 Å². The number of rotatable bonds is 21. The van der Waals surface area contributed by atoms with Crippen molar-refractivity contribution in [1.82, 2.24) is 5.32 Å². The van der Waals surface area contributed by atoms with Crippen molar-refractivity contribution in [2.45, 2.75) is 125 Å². The first-order valence-corrected chi connectivity index (χ1v) is 23.4. The molecule has 67 heavy (non-hydrogen) atoms. The van der Waals surface area contributed by atoms with Crippen LogP contribution < -0.4 is 5.32 Å². The second kappa shape index (κ2) is 23.1. The van der Waals surface area contributed by atoms with E-state index in [1.54, 1.807) is 0 Å². The van der Waals surface area contributed by atoms with Crippen LogP contribution in [0.5, 0.6) is 0 Å². The lowest BCUT2D eigenvalue weighted by atomic mass is 9.85. The minimum absolute atomic E-state index is 0.0470. The molecular formula is C53H57NO12S. The average Bonchev–Trinajstić information content (AvgIpc) is 3.33. The van der Waals surface area contributed by atoms with Crippen molar-refractivity contribution < 1.29 is 57.0 Å². The first kappa shape index (κ1) is 48.1. The Morgan fingerprint density at radius 3 is 1.69 bits per heavy atom. The van der Waals surface area contributed by atoms with Crippen molar-refractivity contribution in [3.8, 4) is 0 Å². The average molecular weight is 932 g/mol. The molecule has 9 rings (SSSR count). The third-order valence-electron chi connectivity index (χ3n) is 11.8. The fourth-order valence-corrected chi connectivity index (χ4v) is 9.93. The molecule has 0 radical (unpaired) electrons. The van der Waals surface area contributed by atoms with Crippen LogP contribution >= 0.6 is 11.8 Å².